The summed E-state index contributed by atoms with van der Waals surface area (Å²) in [5.41, 5.74) is 31.2. The number of phenolic OH excluding ortho intramolecular Hbond substituents is 2. The fourth-order valence-electron chi connectivity index (χ4n) is 17.6. The molecule has 6 nitrogen and oxygen atoms in total. The van der Waals surface area contributed by atoms with Gasteiger partial charge >= 0.3 is 0 Å². The van der Waals surface area contributed by atoms with Crippen molar-refractivity contribution in [3.8, 4) is 145 Å². The molecule has 0 unspecified atom stereocenters. The number of anilines is 6. The van der Waals surface area contributed by atoms with Crippen LogP contribution in [-0.4, -0.2) is 22.4 Å². The molecule has 0 atom stereocenters. The van der Waals surface area contributed by atoms with Gasteiger partial charge in [0, 0.05) is 46.3 Å². The Balaban J connectivity index is 0.674. The molecule has 118 heavy (non-hydrogen) atoms. The Labute approximate surface area is 689 Å². The van der Waals surface area contributed by atoms with Crippen molar-refractivity contribution >= 4 is 34.1 Å². The second-order valence-electron chi connectivity index (χ2n) is 30.2. The normalized spacial score (nSPS) is 14.3. The van der Waals surface area contributed by atoms with Gasteiger partial charge in [-0.05, 0) is 217 Å². The summed E-state index contributed by atoms with van der Waals surface area (Å²) < 4.78 is 0. The smallest absolute Gasteiger partial charge is 0.121 e. The number of nitrogens with zero attached hydrogens (tertiary/aromatic N) is 2. The molecule has 1 fully saturated rings. The van der Waals surface area contributed by atoms with Crippen LogP contribution in [0.2, 0.25) is 0 Å². The van der Waals surface area contributed by atoms with E-state index in [0.29, 0.717) is 11.4 Å². The van der Waals surface area contributed by atoms with Gasteiger partial charge in [0.1, 0.15) is 11.5 Å². The van der Waals surface area contributed by atoms with Gasteiger partial charge in [0.25, 0.3) is 0 Å². The van der Waals surface area contributed by atoms with Crippen molar-refractivity contribution in [2.45, 2.75) is 24.0 Å². The lowest BCUT2D eigenvalue weighted by molar-refractivity contribution is -0.536. The SMILES string of the molecule is [O-]C1C(c2ccc(N(c3ccc(-c4c(-c5ccccc5)cccc4-c4ccccc4)cc3)c3ccc(-c4c(-c5ccccc5)cccc4-c4ccccc4)cc3)cc2O)C([O-])C1c1ccc(N(c2ccc(-c3c(-c4ccccc4)cccc3-c3ccccc3)cc2)c2ccc(-c3c(-c4ccccc4)cccc3-c3ccccc3)cc2)cc1O. The van der Waals surface area contributed by atoms with E-state index in [2.05, 4.69) is 374 Å². The van der Waals surface area contributed by atoms with Crippen LogP contribution in [0.1, 0.15) is 23.0 Å². The van der Waals surface area contributed by atoms with Gasteiger partial charge < -0.3 is 30.2 Å². The number of phenols is 2. The molecule has 0 spiro atoms. The summed E-state index contributed by atoms with van der Waals surface area (Å²) in [6.07, 6.45) is -3.00. The summed E-state index contributed by atoms with van der Waals surface area (Å²) >= 11 is 0. The lowest BCUT2D eigenvalue weighted by Gasteiger charge is -2.61. The highest BCUT2D eigenvalue weighted by Gasteiger charge is 2.41. The van der Waals surface area contributed by atoms with E-state index in [1.54, 1.807) is 24.3 Å². The van der Waals surface area contributed by atoms with E-state index < -0.39 is 24.0 Å². The average molecular weight is 1520 g/mol. The van der Waals surface area contributed by atoms with Crippen molar-refractivity contribution in [3.05, 3.63) is 460 Å². The fourth-order valence-corrected chi connectivity index (χ4v) is 17.6. The van der Waals surface area contributed by atoms with Crippen LogP contribution in [0.15, 0.2) is 449 Å². The van der Waals surface area contributed by atoms with Crippen LogP contribution >= 0.6 is 0 Å². The quantitative estimate of drug-likeness (QED) is 0.0790. The molecule has 0 heterocycles. The molecule has 0 saturated heterocycles. The maximum atomic E-state index is 15.2. The minimum atomic E-state index is -1.50. The maximum absolute atomic E-state index is 15.2. The van der Waals surface area contributed by atoms with Gasteiger partial charge in [0.05, 0.1) is 0 Å². The molecule has 2 N–H and O–H groups in total. The van der Waals surface area contributed by atoms with Gasteiger partial charge in [-0.25, -0.2) is 0 Å². The first-order valence-corrected chi connectivity index (χ1v) is 40.2. The molecular weight excluding hydrogens is 1440 g/mol. The van der Waals surface area contributed by atoms with E-state index in [9.17, 15) is 10.2 Å². The first kappa shape index (κ1) is 73.3. The van der Waals surface area contributed by atoms with E-state index in [4.69, 9.17) is 0 Å². The third kappa shape index (κ3) is 14.2. The van der Waals surface area contributed by atoms with E-state index in [1.807, 2.05) is 60.7 Å². The van der Waals surface area contributed by atoms with Crippen LogP contribution in [0.3, 0.4) is 0 Å². The monoisotopic (exact) mass is 1520 g/mol. The zero-order valence-corrected chi connectivity index (χ0v) is 64.6. The molecule has 564 valence electrons. The molecule has 19 rings (SSSR count). The van der Waals surface area contributed by atoms with Crippen molar-refractivity contribution in [2.75, 3.05) is 9.80 Å². The van der Waals surface area contributed by atoms with Gasteiger partial charge in [0.15, 0.2) is 0 Å². The molecule has 0 amide bonds. The highest BCUT2D eigenvalue weighted by molar-refractivity contribution is 6.00. The van der Waals surface area contributed by atoms with E-state index in [-0.39, 0.29) is 22.6 Å². The number of hydrogen-bond donors (Lipinski definition) is 2. The van der Waals surface area contributed by atoms with Gasteiger partial charge in [0.2, 0.25) is 0 Å². The predicted molar refractivity (Wildman–Crippen MR) is 484 cm³/mol. The Morgan fingerprint density at radius 3 is 0.508 bits per heavy atom. The van der Waals surface area contributed by atoms with Gasteiger partial charge in [-0.2, -0.15) is 0 Å². The zero-order valence-electron chi connectivity index (χ0n) is 64.6. The molecule has 0 radical (unpaired) electrons. The average Bonchev–Trinajstić information content (AvgIpc) is 0.726. The van der Waals surface area contributed by atoms with Crippen molar-refractivity contribution in [2.24, 2.45) is 0 Å². The highest BCUT2D eigenvalue weighted by atomic mass is 16.3. The molecule has 18 aromatic carbocycles. The first-order chi connectivity index (χ1) is 58.2. The molecule has 1 saturated carbocycles. The Kier molecular flexibility index (Phi) is 20.2. The van der Waals surface area contributed by atoms with Crippen LogP contribution in [0.4, 0.5) is 34.1 Å². The van der Waals surface area contributed by atoms with Crippen molar-refractivity contribution in [3.63, 3.8) is 0 Å². The summed E-state index contributed by atoms with van der Waals surface area (Å²) in [5, 5.41) is 55.4. The third-order valence-corrected chi connectivity index (χ3v) is 23.3. The maximum Gasteiger partial charge on any atom is 0.121 e. The number of rotatable bonds is 20. The molecule has 1 aliphatic rings. The van der Waals surface area contributed by atoms with Crippen LogP contribution in [0.25, 0.3) is 134 Å². The van der Waals surface area contributed by atoms with Crippen LogP contribution in [0.5, 0.6) is 11.5 Å². The largest absolute Gasteiger partial charge is 0.851 e. The Bertz CT molecular complexity index is 5570. The van der Waals surface area contributed by atoms with Crippen molar-refractivity contribution < 1.29 is 20.4 Å². The second kappa shape index (κ2) is 32.5. The minimum Gasteiger partial charge on any atom is -0.851 e. The Hall–Kier alpha value is -14.9. The van der Waals surface area contributed by atoms with Crippen LogP contribution in [0, 0.1) is 0 Å². The van der Waals surface area contributed by atoms with Gasteiger partial charge in [-0.1, -0.05) is 376 Å². The van der Waals surface area contributed by atoms with Crippen LogP contribution in [-0.2, 0) is 0 Å². The zero-order chi connectivity index (χ0) is 79.4. The lowest BCUT2D eigenvalue weighted by atomic mass is 9.63. The van der Waals surface area contributed by atoms with Crippen molar-refractivity contribution in [1.29, 1.82) is 0 Å². The van der Waals surface area contributed by atoms with Gasteiger partial charge in [-0.15, -0.1) is 12.2 Å². The number of aromatic hydroxyl groups is 2. The highest BCUT2D eigenvalue weighted by Crippen LogP contribution is 2.54. The minimum absolute atomic E-state index is 0.165. The summed E-state index contributed by atoms with van der Waals surface area (Å²) in [4.78, 5) is 4.22. The topological polar surface area (TPSA) is 93.1 Å². The molecular formula is C112H80N2O4-2. The molecule has 1 aliphatic carbocycles. The molecule has 0 aromatic heterocycles. The molecule has 0 bridgehead atoms. The number of hydrogen-bond acceptors (Lipinski definition) is 6. The lowest BCUT2D eigenvalue weighted by Crippen LogP contribution is -2.63. The summed E-state index contributed by atoms with van der Waals surface area (Å²) in [6.45, 7) is 0. The summed E-state index contributed by atoms with van der Waals surface area (Å²) in [6, 6.07) is 155. The van der Waals surface area contributed by atoms with Gasteiger partial charge in [-0.3, -0.25) is 0 Å². The molecule has 18 aromatic rings. The first-order valence-electron chi connectivity index (χ1n) is 40.2. The van der Waals surface area contributed by atoms with Crippen LogP contribution < -0.4 is 20.0 Å². The fraction of sp³-hybridized carbons (Fsp3) is 0.0357. The second-order valence-corrected chi connectivity index (χ2v) is 30.2. The summed E-state index contributed by atoms with van der Waals surface area (Å²) in [5.74, 6) is -2.56. The molecule has 0 aliphatic heterocycles. The van der Waals surface area contributed by atoms with E-state index in [0.717, 1.165) is 156 Å². The van der Waals surface area contributed by atoms with E-state index in [1.165, 1.54) is 0 Å². The molecule has 6 heteroatoms. The summed E-state index contributed by atoms with van der Waals surface area (Å²) in [7, 11) is 0. The standard InChI is InChI=1S/C112H80N2O4/c115-103-73-91(113(87-61-53-83(54-62-87)105-93(75-29-9-1-10-30-75)45-25-46-94(105)76-31-11-2-12-32-76)88-63-55-84(56-64-88)106-95(77-33-13-3-14-34-77)47-26-48-96(106)78-35-15-4-16-36-78)69-71-101(103)109-111(117)110(112(109)118)102-72-70-92(74-104(102)116)114(89-65-57-85(58-66-89)107-97(79-37-17-5-18-38-79)49-27-50-98(107)80-39-19-6-20-40-80)90-67-59-86(60-68-90)108-99(81-41-21-7-22-42-81)51-28-52-100(108)82-43-23-8-24-44-82/h1-74,109-112,115-116H/q-2. The predicted octanol–water partition coefficient (Wildman–Crippen LogP) is 27.4. The van der Waals surface area contributed by atoms with Crippen molar-refractivity contribution in [1.82, 2.24) is 0 Å². The third-order valence-electron chi connectivity index (χ3n) is 23.3. The number of benzene rings is 18. The Morgan fingerprint density at radius 2 is 0.339 bits per heavy atom. The Morgan fingerprint density at radius 1 is 0.169 bits per heavy atom. The van der Waals surface area contributed by atoms with E-state index >= 15 is 10.2 Å².